The number of nitrogens with two attached hydrogens (primary N) is 1. The highest BCUT2D eigenvalue weighted by molar-refractivity contribution is 5.59. The first-order valence-electron chi connectivity index (χ1n) is 5.51. The molecule has 1 aromatic heterocycles. The minimum absolute atomic E-state index is 0.103. The van der Waals surface area contributed by atoms with E-state index in [1.54, 1.807) is 24.5 Å². The van der Waals surface area contributed by atoms with Gasteiger partial charge in [0, 0.05) is 29.3 Å². The van der Waals surface area contributed by atoms with Gasteiger partial charge in [-0.3, -0.25) is 0 Å². The molecular formula is C12H14F2N4. The number of aromatic amines is 1. The van der Waals surface area contributed by atoms with Gasteiger partial charge in [0.15, 0.2) is 0 Å². The van der Waals surface area contributed by atoms with E-state index in [4.69, 9.17) is 5.73 Å². The minimum atomic E-state index is -2.57. The number of hydrogen-bond acceptors (Lipinski definition) is 3. The lowest BCUT2D eigenvalue weighted by atomic mass is 10.1. The molecule has 96 valence electrons. The quantitative estimate of drug-likeness (QED) is 0.732. The Morgan fingerprint density at radius 3 is 2.78 bits per heavy atom. The van der Waals surface area contributed by atoms with Gasteiger partial charge in [0.1, 0.15) is 5.82 Å². The molecule has 0 aliphatic rings. The number of nitrogens with zero attached hydrogens (tertiary/aromatic N) is 1. The van der Waals surface area contributed by atoms with Gasteiger partial charge in [-0.15, -0.1) is 0 Å². The molecule has 0 spiro atoms. The van der Waals surface area contributed by atoms with E-state index in [2.05, 4.69) is 15.3 Å². The third-order valence-corrected chi connectivity index (χ3v) is 2.61. The van der Waals surface area contributed by atoms with Crippen LogP contribution < -0.4 is 11.1 Å². The normalized spacial score (nSPS) is 12.7. The van der Waals surface area contributed by atoms with E-state index >= 15 is 0 Å². The van der Waals surface area contributed by atoms with Crippen molar-refractivity contribution in [3.05, 3.63) is 42.0 Å². The van der Waals surface area contributed by atoms with Crippen molar-refractivity contribution in [3.63, 3.8) is 0 Å². The maximum atomic E-state index is 12.9. The van der Waals surface area contributed by atoms with Crippen LogP contribution in [0.1, 0.15) is 30.8 Å². The molecular weight excluding hydrogens is 238 g/mol. The number of aromatic nitrogens is 2. The summed E-state index contributed by atoms with van der Waals surface area (Å²) in [5.41, 5.74) is 6.09. The fourth-order valence-electron chi connectivity index (χ4n) is 1.71. The Morgan fingerprint density at radius 2 is 2.17 bits per heavy atom. The highest BCUT2D eigenvalue weighted by Gasteiger charge is 2.16. The van der Waals surface area contributed by atoms with E-state index in [1.807, 2.05) is 6.92 Å². The lowest BCUT2D eigenvalue weighted by Gasteiger charge is -2.16. The first-order chi connectivity index (χ1) is 8.58. The number of rotatable bonds is 4. The number of benzene rings is 1. The van der Waals surface area contributed by atoms with Crippen molar-refractivity contribution in [3.8, 4) is 0 Å². The van der Waals surface area contributed by atoms with Crippen molar-refractivity contribution in [2.24, 2.45) is 0 Å². The fourth-order valence-corrected chi connectivity index (χ4v) is 1.71. The van der Waals surface area contributed by atoms with E-state index in [1.165, 1.54) is 6.07 Å². The molecule has 0 bridgehead atoms. The van der Waals surface area contributed by atoms with Gasteiger partial charge in [-0.25, -0.2) is 13.8 Å². The van der Waals surface area contributed by atoms with Gasteiger partial charge in [-0.1, -0.05) is 0 Å². The molecule has 2 aromatic rings. The number of halogens is 2. The molecule has 4 nitrogen and oxygen atoms in total. The number of H-pyrrole nitrogens is 1. The highest BCUT2D eigenvalue weighted by Crippen LogP contribution is 2.30. The summed E-state index contributed by atoms with van der Waals surface area (Å²) in [6, 6.07) is 4.22. The summed E-state index contributed by atoms with van der Waals surface area (Å²) >= 11 is 0. The standard InChI is InChI=1S/C12H14F2N4/c1-7(12-16-4-5-17-12)18-10-3-2-8(15)6-9(10)11(13)14/h2-7,11,18H,15H2,1H3,(H,16,17). The van der Waals surface area contributed by atoms with Gasteiger partial charge < -0.3 is 16.0 Å². The zero-order chi connectivity index (χ0) is 13.1. The molecule has 2 rings (SSSR count). The summed E-state index contributed by atoms with van der Waals surface area (Å²) in [5.74, 6) is 0.687. The van der Waals surface area contributed by atoms with Crippen LogP contribution in [0.2, 0.25) is 0 Å². The van der Waals surface area contributed by atoms with E-state index in [0.29, 0.717) is 17.2 Å². The predicted octanol–water partition coefficient (Wildman–Crippen LogP) is 3.10. The summed E-state index contributed by atoms with van der Waals surface area (Å²) in [4.78, 5) is 7.01. The van der Waals surface area contributed by atoms with Crippen molar-refractivity contribution in [2.45, 2.75) is 19.4 Å². The van der Waals surface area contributed by atoms with E-state index in [9.17, 15) is 8.78 Å². The van der Waals surface area contributed by atoms with Gasteiger partial charge in [0.2, 0.25) is 0 Å². The summed E-state index contributed by atoms with van der Waals surface area (Å²) in [6.07, 6.45) is 0.731. The largest absolute Gasteiger partial charge is 0.399 e. The highest BCUT2D eigenvalue weighted by atomic mass is 19.3. The molecule has 1 unspecified atom stereocenters. The predicted molar refractivity (Wildman–Crippen MR) is 66.4 cm³/mol. The lowest BCUT2D eigenvalue weighted by Crippen LogP contribution is -2.10. The Balaban J connectivity index is 2.23. The monoisotopic (exact) mass is 252 g/mol. The van der Waals surface area contributed by atoms with E-state index in [0.717, 1.165) is 0 Å². The van der Waals surface area contributed by atoms with Crippen LogP contribution in [0.5, 0.6) is 0 Å². The number of imidazole rings is 1. The molecule has 0 fully saturated rings. The molecule has 0 aliphatic heterocycles. The molecule has 1 atom stereocenters. The molecule has 4 N–H and O–H groups in total. The van der Waals surface area contributed by atoms with Gasteiger partial charge in [-0.2, -0.15) is 0 Å². The van der Waals surface area contributed by atoms with Crippen LogP contribution in [0.4, 0.5) is 20.2 Å². The Labute approximate surface area is 103 Å². The van der Waals surface area contributed by atoms with Crippen molar-refractivity contribution in [2.75, 3.05) is 11.1 Å². The summed E-state index contributed by atoms with van der Waals surface area (Å²) in [5, 5.41) is 2.99. The Morgan fingerprint density at radius 1 is 1.39 bits per heavy atom. The Hall–Kier alpha value is -2.11. The first-order valence-corrected chi connectivity index (χ1v) is 5.51. The number of alkyl halides is 2. The summed E-state index contributed by atoms with van der Waals surface area (Å²) in [6.45, 7) is 1.84. The van der Waals surface area contributed by atoms with Crippen molar-refractivity contribution in [1.29, 1.82) is 0 Å². The molecule has 0 amide bonds. The Bertz CT molecular complexity index is 511. The summed E-state index contributed by atoms with van der Waals surface area (Å²) < 4.78 is 25.8. The second-order valence-corrected chi connectivity index (χ2v) is 3.99. The molecule has 0 saturated carbocycles. The average molecular weight is 252 g/mol. The molecule has 6 heteroatoms. The second-order valence-electron chi connectivity index (χ2n) is 3.99. The van der Waals surface area contributed by atoms with Crippen molar-refractivity contribution >= 4 is 11.4 Å². The van der Waals surface area contributed by atoms with Crippen molar-refractivity contribution in [1.82, 2.24) is 9.97 Å². The molecule has 1 heterocycles. The van der Waals surface area contributed by atoms with Gasteiger partial charge in [0.05, 0.1) is 6.04 Å². The van der Waals surface area contributed by atoms with Crippen LogP contribution in [0.3, 0.4) is 0 Å². The molecule has 0 saturated heterocycles. The van der Waals surface area contributed by atoms with Crippen LogP contribution in [0, 0.1) is 0 Å². The molecule has 1 aromatic carbocycles. The number of nitrogens with one attached hydrogen (secondary N) is 2. The zero-order valence-electron chi connectivity index (χ0n) is 9.82. The zero-order valence-corrected chi connectivity index (χ0v) is 9.82. The van der Waals surface area contributed by atoms with Crippen LogP contribution >= 0.6 is 0 Å². The Kier molecular flexibility index (Phi) is 3.45. The lowest BCUT2D eigenvalue weighted by molar-refractivity contribution is 0.152. The number of hydrogen-bond donors (Lipinski definition) is 3. The van der Waals surface area contributed by atoms with E-state index in [-0.39, 0.29) is 11.6 Å². The van der Waals surface area contributed by atoms with Crippen LogP contribution in [-0.2, 0) is 0 Å². The average Bonchev–Trinajstić information content (AvgIpc) is 2.84. The SMILES string of the molecule is CC(Nc1ccc(N)cc1C(F)F)c1ncc[nH]1. The topological polar surface area (TPSA) is 66.7 Å². The second kappa shape index (κ2) is 5.03. The van der Waals surface area contributed by atoms with Crippen LogP contribution in [0.15, 0.2) is 30.6 Å². The van der Waals surface area contributed by atoms with E-state index < -0.39 is 6.43 Å². The van der Waals surface area contributed by atoms with Crippen LogP contribution in [-0.4, -0.2) is 9.97 Å². The van der Waals surface area contributed by atoms with Gasteiger partial charge in [0.25, 0.3) is 6.43 Å². The maximum absolute atomic E-state index is 12.9. The smallest absolute Gasteiger partial charge is 0.265 e. The van der Waals surface area contributed by atoms with Crippen LogP contribution in [0.25, 0.3) is 0 Å². The van der Waals surface area contributed by atoms with Gasteiger partial charge in [-0.05, 0) is 25.1 Å². The fraction of sp³-hybridized carbons (Fsp3) is 0.250. The summed E-state index contributed by atoms with van der Waals surface area (Å²) in [7, 11) is 0. The number of nitrogen functional groups attached to an aromatic ring is 1. The molecule has 0 aliphatic carbocycles. The molecule has 0 radical (unpaired) electrons. The van der Waals surface area contributed by atoms with Crippen molar-refractivity contribution < 1.29 is 8.78 Å². The first kappa shape index (κ1) is 12.3. The third-order valence-electron chi connectivity index (χ3n) is 2.61. The minimum Gasteiger partial charge on any atom is -0.399 e. The molecule has 18 heavy (non-hydrogen) atoms. The number of anilines is 2. The third kappa shape index (κ3) is 2.58. The van der Waals surface area contributed by atoms with Gasteiger partial charge >= 0.3 is 0 Å². The maximum Gasteiger partial charge on any atom is 0.265 e.